The van der Waals surface area contributed by atoms with Crippen LogP contribution in [0.2, 0.25) is 0 Å². The van der Waals surface area contributed by atoms with Crippen molar-refractivity contribution in [1.29, 1.82) is 0 Å². The summed E-state index contributed by atoms with van der Waals surface area (Å²) in [5, 5.41) is 12.5. The minimum Gasteiger partial charge on any atom is -0.480 e. The van der Waals surface area contributed by atoms with Crippen LogP contribution in [0.4, 0.5) is 5.82 Å². The second-order valence-corrected chi connectivity index (χ2v) is 10.2. The van der Waals surface area contributed by atoms with Gasteiger partial charge in [0.15, 0.2) is 0 Å². The van der Waals surface area contributed by atoms with Gasteiger partial charge in [0.2, 0.25) is 0 Å². The lowest BCUT2D eigenvalue weighted by molar-refractivity contribution is -0.137. The van der Waals surface area contributed by atoms with Gasteiger partial charge in [0.05, 0.1) is 0 Å². The number of carboxylic acid groups (broad SMARTS) is 1. The Kier molecular flexibility index (Phi) is 15.0. The van der Waals surface area contributed by atoms with Crippen molar-refractivity contribution < 1.29 is 9.90 Å². The minimum atomic E-state index is -0.872. The number of aryl methyl sites for hydroxylation is 1. The molecule has 5 nitrogen and oxygen atoms in total. The fourth-order valence-electron chi connectivity index (χ4n) is 3.26. The average molecular weight is 486 g/mol. The van der Waals surface area contributed by atoms with Gasteiger partial charge in [-0.3, -0.25) is 0 Å². The number of aliphatic carboxylic acids is 1. The van der Waals surface area contributed by atoms with Crippen LogP contribution in [-0.4, -0.2) is 38.6 Å². The van der Waals surface area contributed by atoms with Gasteiger partial charge in [-0.2, -0.15) is 11.8 Å². The number of thioether (sulfide) groups is 1. The Hall–Kier alpha value is -2.34. The SMILES string of the molecule is CC(C)=CCCC(C)=CCCC(C)=CCCC(C)=CCSCC(Nc1ccnc(C)n1)C(=O)O. The van der Waals surface area contributed by atoms with E-state index < -0.39 is 12.0 Å². The van der Waals surface area contributed by atoms with Crippen molar-refractivity contribution in [3.8, 4) is 0 Å². The topological polar surface area (TPSA) is 75.1 Å². The molecule has 2 N–H and O–H groups in total. The van der Waals surface area contributed by atoms with Crippen molar-refractivity contribution in [3.05, 3.63) is 64.7 Å². The second-order valence-electron chi connectivity index (χ2n) is 9.11. The number of hydrogen-bond acceptors (Lipinski definition) is 5. The maximum Gasteiger partial charge on any atom is 0.327 e. The van der Waals surface area contributed by atoms with Crippen molar-refractivity contribution in [2.75, 3.05) is 16.8 Å². The number of rotatable bonds is 16. The van der Waals surface area contributed by atoms with E-state index in [1.165, 1.54) is 22.3 Å². The molecule has 0 aliphatic carbocycles. The lowest BCUT2D eigenvalue weighted by Gasteiger charge is -2.14. The first-order valence-electron chi connectivity index (χ1n) is 12.1. The number of nitrogens with zero attached hydrogens (tertiary/aromatic N) is 2. The molecular weight excluding hydrogens is 442 g/mol. The normalized spacial score (nSPS) is 13.5. The van der Waals surface area contributed by atoms with Crippen molar-refractivity contribution in [1.82, 2.24) is 9.97 Å². The molecular formula is C28H43N3O2S. The van der Waals surface area contributed by atoms with Crippen molar-refractivity contribution >= 4 is 23.5 Å². The van der Waals surface area contributed by atoms with Gasteiger partial charge < -0.3 is 10.4 Å². The van der Waals surface area contributed by atoms with Gasteiger partial charge in [0.25, 0.3) is 0 Å². The fraction of sp³-hybridized carbons (Fsp3) is 0.536. The van der Waals surface area contributed by atoms with E-state index in [1.54, 1.807) is 30.9 Å². The highest BCUT2D eigenvalue weighted by Gasteiger charge is 2.17. The molecule has 0 amide bonds. The predicted molar refractivity (Wildman–Crippen MR) is 148 cm³/mol. The number of nitrogens with one attached hydrogen (secondary N) is 1. The number of hydrogen-bond donors (Lipinski definition) is 2. The maximum absolute atomic E-state index is 11.6. The van der Waals surface area contributed by atoms with E-state index >= 15 is 0 Å². The summed E-state index contributed by atoms with van der Waals surface area (Å²) in [6, 6.07) is 1.01. The molecule has 0 saturated carbocycles. The number of anilines is 1. The third-order valence-corrected chi connectivity index (χ3v) is 6.36. The van der Waals surface area contributed by atoms with Crippen LogP contribution < -0.4 is 5.32 Å². The van der Waals surface area contributed by atoms with E-state index in [0.717, 1.165) is 44.3 Å². The predicted octanol–water partition coefficient (Wildman–Crippen LogP) is 7.53. The zero-order valence-electron chi connectivity index (χ0n) is 21.9. The summed E-state index contributed by atoms with van der Waals surface area (Å²) < 4.78 is 0. The summed E-state index contributed by atoms with van der Waals surface area (Å²) in [5.41, 5.74) is 5.67. The van der Waals surface area contributed by atoms with Gasteiger partial charge in [-0.15, -0.1) is 0 Å². The summed E-state index contributed by atoms with van der Waals surface area (Å²) in [7, 11) is 0. The quantitative estimate of drug-likeness (QED) is 0.186. The van der Waals surface area contributed by atoms with Crippen LogP contribution >= 0.6 is 11.8 Å². The molecule has 34 heavy (non-hydrogen) atoms. The minimum absolute atomic E-state index is 0.475. The molecule has 1 rings (SSSR count). The van der Waals surface area contributed by atoms with Crippen molar-refractivity contribution in [2.45, 2.75) is 86.1 Å². The molecule has 6 heteroatoms. The summed E-state index contributed by atoms with van der Waals surface area (Å²) in [5.74, 6) is 1.57. The number of carbonyl (C=O) groups is 1. The lowest BCUT2D eigenvalue weighted by Crippen LogP contribution is -2.32. The van der Waals surface area contributed by atoms with Crippen LogP contribution in [0.3, 0.4) is 0 Å². The Morgan fingerprint density at radius 1 is 0.971 bits per heavy atom. The Morgan fingerprint density at radius 3 is 2.06 bits per heavy atom. The van der Waals surface area contributed by atoms with Gasteiger partial charge in [-0.05, 0) is 86.1 Å². The standard InChI is InChI=1S/C28H43N3O2S/c1-21(2)10-7-11-22(3)12-8-13-23(4)14-9-15-24(5)17-19-34-20-26(28(32)33)31-27-16-18-29-25(6)30-27/h10,12,14,16-18,26H,7-9,11,13,15,19-20H2,1-6H3,(H,32,33)(H,29,30,31). The largest absolute Gasteiger partial charge is 0.480 e. The molecule has 0 spiro atoms. The van der Waals surface area contributed by atoms with Crippen LogP contribution in [0.25, 0.3) is 0 Å². The molecule has 0 aromatic carbocycles. The van der Waals surface area contributed by atoms with Crippen LogP contribution in [0.1, 0.15) is 79.0 Å². The van der Waals surface area contributed by atoms with Gasteiger partial charge >= 0.3 is 5.97 Å². The van der Waals surface area contributed by atoms with E-state index in [1.807, 2.05) is 0 Å². The molecule has 188 valence electrons. The first-order valence-corrected chi connectivity index (χ1v) is 13.3. The lowest BCUT2D eigenvalue weighted by atomic mass is 10.0. The molecule has 1 unspecified atom stereocenters. The van der Waals surface area contributed by atoms with Gasteiger partial charge in [0, 0.05) is 17.7 Å². The van der Waals surface area contributed by atoms with Crippen LogP contribution in [0, 0.1) is 6.92 Å². The first kappa shape index (κ1) is 29.7. The van der Waals surface area contributed by atoms with Crippen LogP contribution in [0.15, 0.2) is 58.9 Å². The molecule has 0 radical (unpaired) electrons. The summed E-state index contributed by atoms with van der Waals surface area (Å²) in [6.07, 6.45) is 17.5. The molecule has 0 fully saturated rings. The van der Waals surface area contributed by atoms with Gasteiger partial charge in [-0.25, -0.2) is 14.8 Å². The number of aromatic nitrogens is 2. The molecule has 1 aromatic heterocycles. The Balaban J connectivity index is 2.31. The van der Waals surface area contributed by atoms with Crippen molar-refractivity contribution in [2.24, 2.45) is 0 Å². The molecule has 0 aliphatic heterocycles. The molecule has 1 heterocycles. The zero-order valence-corrected chi connectivity index (χ0v) is 22.7. The van der Waals surface area contributed by atoms with Crippen LogP contribution in [0.5, 0.6) is 0 Å². The fourth-order valence-corrected chi connectivity index (χ4v) is 4.26. The highest BCUT2D eigenvalue weighted by molar-refractivity contribution is 7.99. The summed E-state index contributed by atoms with van der Waals surface area (Å²) in [6.45, 7) is 12.7. The zero-order chi connectivity index (χ0) is 25.3. The first-order chi connectivity index (χ1) is 16.2. The average Bonchev–Trinajstić information content (AvgIpc) is 2.75. The highest BCUT2D eigenvalue weighted by Crippen LogP contribution is 2.15. The van der Waals surface area contributed by atoms with E-state index in [0.29, 0.717) is 17.4 Å². The van der Waals surface area contributed by atoms with E-state index in [2.05, 4.69) is 74.2 Å². The Labute approximate surface area is 210 Å². The monoisotopic (exact) mass is 485 g/mol. The third-order valence-electron chi connectivity index (χ3n) is 5.38. The Morgan fingerprint density at radius 2 is 1.53 bits per heavy atom. The number of carboxylic acids is 1. The van der Waals surface area contributed by atoms with E-state index in [4.69, 9.17) is 0 Å². The Bertz CT molecular complexity index is 883. The number of allylic oxidation sites excluding steroid dienone is 7. The van der Waals surface area contributed by atoms with Crippen molar-refractivity contribution in [3.63, 3.8) is 0 Å². The molecule has 0 saturated heterocycles. The molecule has 1 atom stereocenters. The summed E-state index contributed by atoms with van der Waals surface area (Å²) >= 11 is 1.61. The van der Waals surface area contributed by atoms with Gasteiger partial charge in [0.1, 0.15) is 17.7 Å². The van der Waals surface area contributed by atoms with Crippen LogP contribution in [-0.2, 0) is 4.79 Å². The van der Waals surface area contributed by atoms with E-state index in [9.17, 15) is 9.90 Å². The molecule has 1 aromatic rings. The van der Waals surface area contributed by atoms with Gasteiger partial charge in [-0.1, -0.05) is 46.6 Å². The molecule has 0 bridgehead atoms. The smallest absolute Gasteiger partial charge is 0.327 e. The highest BCUT2D eigenvalue weighted by atomic mass is 32.2. The molecule has 0 aliphatic rings. The maximum atomic E-state index is 11.6. The third kappa shape index (κ3) is 14.7. The van der Waals surface area contributed by atoms with E-state index in [-0.39, 0.29) is 0 Å². The second kappa shape index (κ2) is 17.1. The summed E-state index contributed by atoms with van der Waals surface area (Å²) in [4.78, 5) is 19.8.